The molecule has 1 aliphatic rings. The van der Waals surface area contributed by atoms with Crippen molar-refractivity contribution in [3.05, 3.63) is 48.6 Å². The highest BCUT2D eigenvalue weighted by Gasteiger charge is 2.25. The van der Waals surface area contributed by atoms with Gasteiger partial charge in [0, 0.05) is 12.0 Å². The topological polar surface area (TPSA) is 50.4 Å². The number of nitrogens with two attached hydrogens (primary N) is 1. The van der Waals surface area contributed by atoms with E-state index in [9.17, 15) is 0 Å². The van der Waals surface area contributed by atoms with Gasteiger partial charge < -0.3 is 11.1 Å². The van der Waals surface area contributed by atoms with E-state index < -0.39 is 0 Å². The maximum Gasteiger partial charge on any atom is 0.188 e. The number of hydrogen-bond donors (Lipinski definition) is 2. The summed E-state index contributed by atoms with van der Waals surface area (Å²) in [6, 6.07) is 10.7. The number of aliphatic imine (C=N–C) groups is 1. The van der Waals surface area contributed by atoms with Crippen LogP contribution in [0.2, 0.25) is 0 Å². The molecular weight excluding hydrogens is 198 g/mol. The number of nitrogens with one attached hydrogen (secondary N) is 1. The summed E-state index contributed by atoms with van der Waals surface area (Å²) >= 11 is 0. The molecule has 0 fully saturated rings. The standard InChI is InChI=1S/C13H17N3/c1-2-6-12-11(9-15-13(14)16-12)10-7-4-3-5-8-10/h2-5,7-8,11-12H,1,6,9H2,(H3,14,15,16). The van der Waals surface area contributed by atoms with Crippen molar-refractivity contribution in [3.8, 4) is 0 Å². The molecule has 0 aromatic heterocycles. The highest BCUT2D eigenvalue weighted by atomic mass is 15.1. The fraction of sp³-hybridized carbons (Fsp3) is 0.308. The van der Waals surface area contributed by atoms with E-state index in [0.29, 0.717) is 17.9 Å². The molecule has 16 heavy (non-hydrogen) atoms. The Balaban J connectivity index is 2.22. The van der Waals surface area contributed by atoms with Crippen molar-refractivity contribution >= 4 is 5.96 Å². The molecule has 1 heterocycles. The van der Waals surface area contributed by atoms with Crippen LogP contribution in [0.15, 0.2) is 48.0 Å². The van der Waals surface area contributed by atoms with E-state index in [4.69, 9.17) is 5.73 Å². The second-order valence-electron chi connectivity index (χ2n) is 4.02. The van der Waals surface area contributed by atoms with E-state index in [-0.39, 0.29) is 0 Å². The maximum absolute atomic E-state index is 5.70. The van der Waals surface area contributed by atoms with Gasteiger partial charge in [-0.2, -0.15) is 0 Å². The molecule has 3 N–H and O–H groups in total. The summed E-state index contributed by atoms with van der Waals surface area (Å²) in [6.45, 7) is 4.54. The van der Waals surface area contributed by atoms with Crippen molar-refractivity contribution in [3.63, 3.8) is 0 Å². The van der Waals surface area contributed by atoms with Gasteiger partial charge in [0.2, 0.25) is 0 Å². The minimum atomic E-state index is 0.303. The Morgan fingerprint density at radius 2 is 2.19 bits per heavy atom. The average molecular weight is 215 g/mol. The van der Waals surface area contributed by atoms with E-state index in [1.807, 2.05) is 12.1 Å². The first-order valence-electron chi connectivity index (χ1n) is 5.53. The second-order valence-corrected chi connectivity index (χ2v) is 4.02. The first-order valence-corrected chi connectivity index (χ1v) is 5.53. The Hall–Kier alpha value is -1.77. The molecule has 2 atom stereocenters. The number of rotatable bonds is 3. The smallest absolute Gasteiger partial charge is 0.188 e. The van der Waals surface area contributed by atoms with Gasteiger partial charge in [-0.1, -0.05) is 36.4 Å². The van der Waals surface area contributed by atoms with Gasteiger partial charge in [-0.25, -0.2) is 0 Å². The summed E-state index contributed by atoms with van der Waals surface area (Å²) in [5.41, 5.74) is 7.00. The molecule has 0 saturated carbocycles. The Bertz CT molecular complexity index is 383. The molecule has 0 bridgehead atoms. The van der Waals surface area contributed by atoms with E-state index in [0.717, 1.165) is 13.0 Å². The van der Waals surface area contributed by atoms with E-state index in [1.54, 1.807) is 0 Å². The van der Waals surface area contributed by atoms with Crippen LogP contribution in [0.3, 0.4) is 0 Å². The predicted molar refractivity (Wildman–Crippen MR) is 67.4 cm³/mol. The summed E-state index contributed by atoms with van der Waals surface area (Å²) in [4.78, 5) is 4.27. The minimum Gasteiger partial charge on any atom is -0.370 e. The summed E-state index contributed by atoms with van der Waals surface area (Å²) in [7, 11) is 0. The highest BCUT2D eigenvalue weighted by Crippen LogP contribution is 2.24. The lowest BCUT2D eigenvalue weighted by atomic mass is 9.88. The van der Waals surface area contributed by atoms with Crippen LogP contribution in [-0.4, -0.2) is 18.5 Å². The molecule has 84 valence electrons. The highest BCUT2D eigenvalue weighted by molar-refractivity contribution is 5.79. The van der Waals surface area contributed by atoms with Crippen molar-refractivity contribution in [1.82, 2.24) is 5.32 Å². The molecule has 1 aromatic rings. The average Bonchev–Trinajstić information content (AvgIpc) is 2.31. The number of benzene rings is 1. The van der Waals surface area contributed by atoms with Gasteiger partial charge in [0.05, 0.1) is 6.54 Å². The molecular formula is C13H17N3. The normalized spacial score (nSPS) is 24.4. The fourth-order valence-electron chi connectivity index (χ4n) is 2.10. The van der Waals surface area contributed by atoms with Gasteiger partial charge >= 0.3 is 0 Å². The molecule has 0 aliphatic carbocycles. The fourth-order valence-corrected chi connectivity index (χ4v) is 2.10. The summed E-state index contributed by atoms with van der Waals surface area (Å²) in [5.74, 6) is 0.922. The van der Waals surface area contributed by atoms with Gasteiger partial charge in [-0.15, -0.1) is 6.58 Å². The molecule has 3 heteroatoms. The van der Waals surface area contributed by atoms with Crippen LogP contribution in [0, 0.1) is 0 Å². The Kier molecular flexibility index (Phi) is 3.25. The van der Waals surface area contributed by atoms with Gasteiger partial charge in [0.1, 0.15) is 0 Å². The molecule has 1 aliphatic heterocycles. The van der Waals surface area contributed by atoms with Crippen LogP contribution < -0.4 is 11.1 Å². The largest absolute Gasteiger partial charge is 0.370 e. The van der Waals surface area contributed by atoms with Gasteiger partial charge in [0.25, 0.3) is 0 Å². The molecule has 0 saturated heterocycles. The minimum absolute atomic E-state index is 0.303. The lowest BCUT2D eigenvalue weighted by molar-refractivity contribution is 0.477. The van der Waals surface area contributed by atoms with Crippen molar-refractivity contribution in [2.45, 2.75) is 18.4 Å². The zero-order chi connectivity index (χ0) is 11.4. The third-order valence-electron chi connectivity index (χ3n) is 2.93. The van der Waals surface area contributed by atoms with Gasteiger partial charge in [-0.05, 0) is 12.0 Å². The first kappa shape index (κ1) is 10.7. The van der Waals surface area contributed by atoms with Crippen LogP contribution in [0.5, 0.6) is 0 Å². The van der Waals surface area contributed by atoms with E-state index in [1.165, 1.54) is 5.56 Å². The van der Waals surface area contributed by atoms with E-state index in [2.05, 4.69) is 41.2 Å². The van der Waals surface area contributed by atoms with E-state index >= 15 is 0 Å². The molecule has 1 aromatic carbocycles. The van der Waals surface area contributed by atoms with Crippen molar-refractivity contribution in [2.24, 2.45) is 10.7 Å². The molecule has 2 rings (SSSR count). The van der Waals surface area contributed by atoms with Crippen LogP contribution in [0.1, 0.15) is 17.9 Å². The van der Waals surface area contributed by atoms with Gasteiger partial charge in [-0.3, -0.25) is 4.99 Å². The maximum atomic E-state index is 5.70. The van der Waals surface area contributed by atoms with Crippen LogP contribution >= 0.6 is 0 Å². The second kappa shape index (κ2) is 4.84. The summed E-state index contributed by atoms with van der Waals surface area (Å²) in [5, 5.41) is 3.22. The lowest BCUT2D eigenvalue weighted by Crippen LogP contribution is -2.47. The van der Waals surface area contributed by atoms with Crippen LogP contribution in [0.25, 0.3) is 0 Å². The number of hydrogen-bond acceptors (Lipinski definition) is 3. The first-order chi connectivity index (χ1) is 7.81. The zero-order valence-electron chi connectivity index (χ0n) is 9.26. The van der Waals surface area contributed by atoms with Gasteiger partial charge in [0.15, 0.2) is 5.96 Å². The van der Waals surface area contributed by atoms with Crippen molar-refractivity contribution in [1.29, 1.82) is 0 Å². The molecule has 0 spiro atoms. The third kappa shape index (κ3) is 2.24. The Labute approximate surface area is 96.1 Å². The Morgan fingerprint density at radius 3 is 2.88 bits per heavy atom. The van der Waals surface area contributed by atoms with Crippen LogP contribution in [0.4, 0.5) is 0 Å². The van der Waals surface area contributed by atoms with Crippen molar-refractivity contribution in [2.75, 3.05) is 6.54 Å². The third-order valence-corrected chi connectivity index (χ3v) is 2.93. The quantitative estimate of drug-likeness (QED) is 0.753. The predicted octanol–water partition coefficient (Wildman–Crippen LogP) is 1.63. The lowest BCUT2D eigenvalue weighted by Gasteiger charge is -2.30. The Morgan fingerprint density at radius 1 is 1.44 bits per heavy atom. The number of nitrogens with zero attached hydrogens (tertiary/aromatic N) is 1. The van der Waals surface area contributed by atoms with Crippen molar-refractivity contribution < 1.29 is 0 Å². The summed E-state index contributed by atoms with van der Waals surface area (Å²) < 4.78 is 0. The SMILES string of the molecule is C=CCC1NC(N)=NCC1c1ccccc1. The molecule has 0 amide bonds. The molecule has 0 radical (unpaired) electrons. The molecule has 3 nitrogen and oxygen atoms in total. The van der Waals surface area contributed by atoms with Crippen LogP contribution in [-0.2, 0) is 0 Å². The molecule has 2 unspecified atom stereocenters. The summed E-state index contributed by atoms with van der Waals surface area (Å²) in [6.07, 6.45) is 2.82. The zero-order valence-corrected chi connectivity index (χ0v) is 9.26. The number of guanidine groups is 1. The monoisotopic (exact) mass is 215 g/mol.